The van der Waals surface area contributed by atoms with Crippen LogP contribution in [0.3, 0.4) is 0 Å². The van der Waals surface area contributed by atoms with Crippen LogP contribution in [0.1, 0.15) is 5.56 Å². The summed E-state index contributed by atoms with van der Waals surface area (Å²) < 4.78 is 27.9. The van der Waals surface area contributed by atoms with Crippen molar-refractivity contribution in [3.05, 3.63) is 53.7 Å². The van der Waals surface area contributed by atoms with Crippen LogP contribution in [0.15, 0.2) is 36.5 Å². The molecule has 0 unspecified atom stereocenters. The summed E-state index contributed by atoms with van der Waals surface area (Å²) in [5.74, 6) is -0.337. The summed E-state index contributed by atoms with van der Waals surface area (Å²) in [6.45, 7) is 1.67. The van der Waals surface area contributed by atoms with Crippen LogP contribution >= 0.6 is 0 Å². The first-order valence-electron chi connectivity index (χ1n) is 5.76. The van der Waals surface area contributed by atoms with Crippen molar-refractivity contribution in [2.75, 3.05) is 5.73 Å². The minimum atomic E-state index is -0.390. The minimum Gasteiger partial charge on any atom is -0.383 e. The first-order valence-corrected chi connectivity index (χ1v) is 5.76. The van der Waals surface area contributed by atoms with Gasteiger partial charge in [-0.2, -0.15) is 0 Å². The van der Waals surface area contributed by atoms with Crippen LogP contribution in [0.25, 0.3) is 16.9 Å². The Morgan fingerprint density at radius 2 is 1.95 bits per heavy atom. The summed E-state index contributed by atoms with van der Waals surface area (Å²) in [5.41, 5.74) is 8.26. The Balaban J connectivity index is 2.24. The van der Waals surface area contributed by atoms with Gasteiger partial charge in [0.25, 0.3) is 0 Å². The molecule has 2 N–H and O–H groups in total. The normalized spacial score (nSPS) is 11.1. The third-order valence-electron chi connectivity index (χ3n) is 3.05. The van der Waals surface area contributed by atoms with Gasteiger partial charge in [-0.15, -0.1) is 0 Å². The molecule has 0 bridgehead atoms. The van der Waals surface area contributed by atoms with Crippen LogP contribution in [0.5, 0.6) is 0 Å². The highest BCUT2D eigenvalue weighted by molar-refractivity contribution is 5.75. The summed E-state index contributed by atoms with van der Waals surface area (Å²) in [7, 11) is 0. The maximum atomic E-state index is 13.3. The Bertz CT molecular complexity index is 778. The molecule has 0 atom stereocenters. The van der Waals surface area contributed by atoms with E-state index in [1.807, 2.05) is 0 Å². The number of aryl methyl sites for hydroxylation is 1. The van der Waals surface area contributed by atoms with Crippen LogP contribution in [0, 0.1) is 18.6 Å². The number of nitrogen functional groups attached to an aromatic ring is 1. The van der Waals surface area contributed by atoms with Gasteiger partial charge in [0.2, 0.25) is 0 Å². The maximum Gasteiger partial charge on any atom is 0.140 e. The molecular formula is C14H11F2N3. The van der Waals surface area contributed by atoms with E-state index in [-0.39, 0.29) is 5.82 Å². The third-order valence-corrected chi connectivity index (χ3v) is 3.05. The zero-order valence-electron chi connectivity index (χ0n) is 10.2. The zero-order chi connectivity index (χ0) is 13.6. The Morgan fingerprint density at radius 3 is 2.68 bits per heavy atom. The molecule has 0 aliphatic rings. The fourth-order valence-corrected chi connectivity index (χ4v) is 2.04. The lowest BCUT2D eigenvalue weighted by atomic mass is 10.1. The van der Waals surface area contributed by atoms with E-state index in [4.69, 9.17) is 5.73 Å². The van der Waals surface area contributed by atoms with Gasteiger partial charge in [0, 0.05) is 11.8 Å². The molecule has 0 aliphatic heterocycles. The van der Waals surface area contributed by atoms with Crippen molar-refractivity contribution in [3.63, 3.8) is 0 Å². The van der Waals surface area contributed by atoms with E-state index in [2.05, 4.69) is 4.98 Å². The number of nitrogens with zero attached hydrogens (tertiary/aromatic N) is 2. The minimum absolute atomic E-state index is 0.280. The fraction of sp³-hybridized carbons (Fsp3) is 0.0714. The fourth-order valence-electron chi connectivity index (χ4n) is 2.04. The van der Waals surface area contributed by atoms with Crippen molar-refractivity contribution in [3.8, 4) is 11.3 Å². The number of aromatic nitrogens is 2. The molecule has 0 spiro atoms. The molecule has 2 heterocycles. The lowest BCUT2D eigenvalue weighted by Crippen LogP contribution is -1.95. The zero-order valence-corrected chi connectivity index (χ0v) is 10.2. The van der Waals surface area contributed by atoms with Crippen LogP contribution in [-0.4, -0.2) is 9.38 Å². The molecule has 0 amide bonds. The van der Waals surface area contributed by atoms with Crippen molar-refractivity contribution < 1.29 is 8.78 Å². The number of rotatable bonds is 1. The van der Waals surface area contributed by atoms with Crippen molar-refractivity contribution in [2.24, 2.45) is 0 Å². The molecule has 2 aromatic heterocycles. The Hall–Kier alpha value is -2.43. The summed E-state index contributed by atoms with van der Waals surface area (Å²) in [4.78, 5) is 4.34. The van der Waals surface area contributed by atoms with Crippen molar-refractivity contribution in [2.45, 2.75) is 6.92 Å². The number of nitrogens with two attached hydrogens (primary N) is 1. The van der Waals surface area contributed by atoms with Crippen molar-refractivity contribution in [1.29, 1.82) is 0 Å². The molecule has 3 aromatic rings. The van der Waals surface area contributed by atoms with Crippen molar-refractivity contribution in [1.82, 2.24) is 9.38 Å². The average Bonchev–Trinajstić information content (AvgIpc) is 2.70. The Morgan fingerprint density at radius 1 is 1.16 bits per heavy atom. The standard InChI is InChI=1S/C14H11F2N3/c1-8-6-9(2-4-11(8)16)13-14(17)19-7-10(15)3-5-12(19)18-13/h2-7H,17H2,1H3. The molecule has 3 nitrogen and oxygen atoms in total. The number of halogens is 2. The van der Waals surface area contributed by atoms with Gasteiger partial charge >= 0.3 is 0 Å². The van der Waals surface area contributed by atoms with Gasteiger partial charge in [0.15, 0.2) is 0 Å². The first kappa shape index (κ1) is 11.6. The maximum absolute atomic E-state index is 13.3. The van der Waals surface area contributed by atoms with Crippen LogP contribution in [0.2, 0.25) is 0 Å². The molecule has 0 aliphatic carbocycles. The first-order chi connectivity index (χ1) is 9.06. The van der Waals surface area contributed by atoms with E-state index in [0.717, 1.165) is 0 Å². The number of pyridine rings is 1. The van der Waals surface area contributed by atoms with Gasteiger partial charge in [-0.1, -0.05) is 0 Å². The monoisotopic (exact) mass is 259 g/mol. The smallest absolute Gasteiger partial charge is 0.140 e. The molecular weight excluding hydrogens is 248 g/mol. The van der Waals surface area contributed by atoms with Crippen LogP contribution in [0.4, 0.5) is 14.6 Å². The van der Waals surface area contributed by atoms with E-state index in [1.165, 1.54) is 22.7 Å². The summed E-state index contributed by atoms with van der Waals surface area (Å²) >= 11 is 0. The van der Waals surface area contributed by atoms with Gasteiger partial charge in [-0.3, -0.25) is 4.40 Å². The SMILES string of the molecule is Cc1cc(-c2nc3ccc(F)cn3c2N)ccc1F. The van der Waals surface area contributed by atoms with Gasteiger partial charge in [-0.25, -0.2) is 13.8 Å². The molecule has 96 valence electrons. The number of fused-ring (bicyclic) bond motifs is 1. The number of hydrogen-bond acceptors (Lipinski definition) is 2. The molecule has 3 rings (SSSR count). The van der Waals surface area contributed by atoms with Gasteiger partial charge in [0.05, 0.1) is 0 Å². The van der Waals surface area contributed by atoms with Crippen molar-refractivity contribution >= 4 is 11.5 Å². The highest BCUT2D eigenvalue weighted by Gasteiger charge is 2.12. The van der Waals surface area contributed by atoms with Gasteiger partial charge < -0.3 is 5.73 Å². The molecule has 0 saturated heterocycles. The summed E-state index contributed by atoms with van der Waals surface area (Å²) in [6, 6.07) is 7.52. The molecule has 0 radical (unpaired) electrons. The average molecular weight is 259 g/mol. The molecule has 0 fully saturated rings. The van der Waals surface area contributed by atoms with Crippen LogP contribution in [-0.2, 0) is 0 Å². The van der Waals surface area contributed by atoms with E-state index in [1.54, 1.807) is 25.1 Å². The quantitative estimate of drug-likeness (QED) is 0.729. The van der Waals surface area contributed by atoms with E-state index in [9.17, 15) is 8.78 Å². The third kappa shape index (κ3) is 1.83. The molecule has 1 aromatic carbocycles. The number of imidazole rings is 1. The summed E-state index contributed by atoms with van der Waals surface area (Å²) in [6.07, 6.45) is 1.28. The number of benzene rings is 1. The largest absolute Gasteiger partial charge is 0.383 e. The lowest BCUT2D eigenvalue weighted by Gasteiger charge is -2.02. The number of anilines is 1. The molecule has 19 heavy (non-hydrogen) atoms. The highest BCUT2D eigenvalue weighted by Crippen LogP contribution is 2.27. The van der Waals surface area contributed by atoms with Gasteiger partial charge in [-0.05, 0) is 42.8 Å². The van der Waals surface area contributed by atoms with Gasteiger partial charge in [0.1, 0.15) is 28.8 Å². The Labute approximate surface area is 108 Å². The molecule has 0 saturated carbocycles. The predicted molar refractivity (Wildman–Crippen MR) is 69.7 cm³/mol. The van der Waals surface area contributed by atoms with E-state index in [0.29, 0.717) is 28.3 Å². The second kappa shape index (κ2) is 4.05. The van der Waals surface area contributed by atoms with E-state index >= 15 is 0 Å². The number of hydrogen-bond donors (Lipinski definition) is 1. The van der Waals surface area contributed by atoms with E-state index < -0.39 is 5.82 Å². The second-order valence-electron chi connectivity index (χ2n) is 4.39. The lowest BCUT2D eigenvalue weighted by molar-refractivity contribution is 0.618. The topological polar surface area (TPSA) is 43.3 Å². The van der Waals surface area contributed by atoms with Crippen LogP contribution < -0.4 is 5.73 Å². The highest BCUT2D eigenvalue weighted by atomic mass is 19.1. The Kier molecular flexibility index (Phi) is 2.48. The summed E-state index contributed by atoms with van der Waals surface area (Å²) in [5, 5.41) is 0. The second-order valence-corrected chi connectivity index (χ2v) is 4.39. The molecule has 5 heteroatoms. The predicted octanol–water partition coefficient (Wildman–Crippen LogP) is 3.17.